The van der Waals surface area contributed by atoms with E-state index in [0.29, 0.717) is 11.1 Å². The number of carbonyl (C=O) groups is 2. The third-order valence-electron chi connectivity index (χ3n) is 4.33. The predicted molar refractivity (Wildman–Crippen MR) is 92.5 cm³/mol. The van der Waals surface area contributed by atoms with Crippen molar-refractivity contribution in [3.8, 4) is 0 Å². The first-order valence-electron chi connectivity index (χ1n) is 8.43. The Morgan fingerprint density at radius 3 is 1.81 bits per heavy atom. The summed E-state index contributed by atoms with van der Waals surface area (Å²) in [6, 6.07) is 16.9. The first kappa shape index (κ1) is 18.1. The lowest BCUT2D eigenvalue weighted by Gasteiger charge is -2.35. The van der Waals surface area contributed by atoms with Crippen LogP contribution in [0.25, 0.3) is 0 Å². The molecule has 26 heavy (non-hydrogen) atoms. The Morgan fingerprint density at radius 2 is 1.27 bits per heavy atom. The van der Waals surface area contributed by atoms with Crippen LogP contribution < -0.4 is 0 Å². The minimum Gasteiger partial charge on any atom is -0.459 e. The third-order valence-corrected chi connectivity index (χ3v) is 4.33. The van der Waals surface area contributed by atoms with Gasteiger partial charge in [-0.2, -0.15) is 0 Å². The lowest BCUT2D eigenvalue weighted by atomic mass is 9.89. The molecule has 2 aromatic carbocycles. The summed E-state index contributed by atoms with van der Waals surface area (Å²) in [5, 5.41) is 20.2. The zero-order valence-electron chi connectivity index (χ0n) is 14.0. The van der Waals surface area contributed by atoms with Crippen molar-refractivity contribution in [1.82, 2.24) is 0 Å². The van der Waals surface area contributed by atoms with Crippen LogP contribution in [0.15, 0.2) is 60.7 Å². The highest BCUT2D eigenvalue weighted by Crippen LogP contribution is 2.26. The molecule has 1 aliphatic carbocycles. The predicted octanol–water partition coefficient (Wildman–Crippen LogP) is 1.95. The molecule has 0 radical (unpaired) electrons. The van der Waals surface area contributed by atoms with E-state index in [-0.39, 0.29) is 12.8 Å². The minimum absolute atomic E-state index is 0.0825. The Bertz CT molecular complexity index is 745. The van der Waals surface area contributed by atoms with E-state index >= 15 is 0 Å². The van der Waals surface area contributed by atoms with Gasteiger partial charge in [0.2, 0.25) is 0 Å². The number of hydrogen-bond acceptors (Lipinski definition) is 6. The Balaban J connectivity index is 1.65. The number of aliphatic hydroxyl groups is 2. The molecule has 4 atom stereocenters. The number of hydrogen-bond donors (Lipinski definition) is 2. The van der Waals surface area contributed by atoms with Crippen LogP contribution in [-0.4, -0.2) is 46.6 Å². The molecular formula is C20H20O6. The number of ether oxygens (including phenoxy) is 2. The highest BCUT2D eigenvalue weighted by molar-refractivity contribution is 5.90. The number of esters is 2. The molecule has 1 aliphatic rings. The summed E-state index contributed by atoms with van der Waals surface area (Å²) in [6.07, 6.45) is -3.79. The maximum atomic E-state index is 12.2. The lowest BCUT2D eigenvalue weighted by Crippen LogP contribution is -2.49. The number of benzene rings is 2. The van der Waals surface area contributed by atoms with E-state index in [0.717, 1.165) is 0 Å². The molecule has 0 bridgehead atoms. The number of rotatable bonds is 4. The maximum absolute atomic E-state index is 12.2. The quantitative estimate of drug-likeness (QED) is 0.814. The summed E-state index contributed by atoms with van der Waals surface area (Å²) in [4.78, 5) is 24.4. The molecule has 2 aromatic rings. The van der Waals surface area contributed by atoms with Crippen molar-refractivity contribution in [2.24, 2.45) is 0 Å². The van der Waals surface area contributed by atoms with Crippen molar-refractivity contribution in [3.63, 3.8) is 0 Å². The van der Waals surface area contributed by atoms with Gasteiger partial charge < -0.3 is 19.7 Å². The van der Waals surface area contributed by atoms with Gasteiger partial charge in [0, 0.05) is 12.8 Å². The average molecular weight is 356 g/mol. The highest BCUT2D eigenvalue weighted by Gasteiger charge is 2.40. The van der Waals surface area contributed by atoms with Crippen molar-refractivity contribution < 1.29 is 29.3 Å². The second-order valence-corrected chi connectivity index (χ2v) is 6.23. The summed E-state index contributed by atoms with van der Waals surface area (Å²) in [5.74, 6) is -1.12. The fraction of sp³-hybridized carbons (Fsp3) is 0.300. The second-order valence-electron chi connectivity index (χ2n) is 6.23. The van der Waals surface area contributed by atoms with Crippen molar-refractivity contribution in [1.29, 1.82) is 0 Å². The van der Waals surface area contributed by atoms with Crippen LogP contribution in [0.4, 0.5) is 0 Å². The smallest absolute Gasteiger partial charge is 0.338 e. The highest BCUT2D eigenvalue weighted by atomic mass is 16.6. The maximum Gasteiger partial charge on any atom is 0.338 e. The summed E-state index contributed by atoms with van der Waals surface area (Å²) >= 11 is 0. The largest absolute Gasteiger partial charge is 0.459 e. The van der Waals surface area contributed by atoms with Gasteiger partial charge in [-0.15, -0.1) is 0 Å². The Morgan fingerprint density at radius 1 is 0.769 bits per heavy atom. The molecular weight excluding hydrogens is 336 g/mol. The Hall–Kier alpha value is -2.70. The number of aliphatic hydroxyl groups excluding tert-OH is 2. The van der Waals surface area contributed by atoms with Gasteiger partial charge in [-0.05, 0) is 24.3 Å². The molecule has 0 unspecified atom stereocenters. The Labute approximate surface area is 151 Å². The van der Waals surface area contributed by atoms with Crippen LogP contribution in [0.2, 0.25) is 0 Å². The molecule has 136 valence electrons. The van der Waals surface area contributed by atoms with E-state index < -0.39 is 36.4 Å². The minimum atomic E-state index is -1.23. The molecule has 1 saturated carbocycles. The summed E-state index contributed by atoms with van der Waals surface area (Å²) < 4.78 is 10.7. The second kappa shape index (κ2) is 8.12. The monoisotopic (exact) mass is 356 g/mol. The van der Waals surface area contributed by atoms with Crippen LogP contribution in [-0.2, 0) is 9.47 Å². The summed E-state index contributed by atoms with van der Waals surface area (Å²) in [5.41, 5.74) is 0.739. The summed E-state index contributed by atoms with van der Waals surface area (Å²) in [6.45, 7) is 0. The molecule has 3 rings (SSSR count). The molecule has 0 aliphatic heterocycles. The van der Waals surface area contributed by atoms with Crippen LogP contribution >= 0.6 is 0 Å². The van der Waals surface area contributed by atoms with Gasteiger partial charge >= 0.3 is 11.9 Å². The van der Waals surface area contributed by atoms with Crippen molar-refractivity contribution in [2.45, 2.75) is 37.3 Å². The van der Waals surface area contributed by atoms with Gasteiger partial charge in [0.1, 0.15) is 18.3 Å². The van der Waals surface area contributed by atoms with Crippen molar-refractivity contribution in [2.75, 3.05) is 0 Å². The normalized spacial score (nSPS) is 25.3. The molecule has 6 heteroatoms. The fourth-order valence-corrected chi connectivity index (χ4v) is 2.94. The molecule has 2 N–H and O–H groups in total. The third kappa shape index (κ3) is 4.28. The van der Waals surface area contributed by atoms with Gasteiger partial charge in [0.15, 0.2) is 0 Å². The van der Waals surface area contributed by atoms with Crippen LogP contribution in [0, 0.1) is 0 Å². The first-order chi connectivity index (χ1) is 12.5. The topological polar surface area (TPSA) is 93.1 Å². The van der Waals surface area contributed by atoms with Crippen LogP contribution in [0.5, 0.6) is 0 Å². The molecule has 1 fully saturated rings. The molecule has 0 spiro atoms. The van der Waals surface area contributed by atoms with E-state index in [1.165, 1.54) is 0 Å². The van der Waals surface area contributed by atoms with Gasteiger partial charge in [-0.3, -0.25) is 0 Å². The average Bonchev–Trinajstić information content (AvgIpc) is 2.67. The zero-order valence-corrected chi connectivity index (χ0v) is 14.0. The van der Waals surface area contributed by atoms with E-state index in [9.17, 15) is 19.8 Å². The molecule has 0 aromatic heterocycles. The Kier molecular flexibility index (Phi) is 5.65. The number of carbonyl (C=O) groups excluding carboxylic acids is 2. The van der Waals surface area contributed by atoms with Crippen LogP contribution in [0.3, 0.4) is 0 Å². The molecule has 6 nitrogen and oxygen atoms in total. The van der Waals surface area contributed by atoms with Crippen LogP contribution in [0.1, 0.15) is 33.6 Å². The standard InChI is InChI=1S/C20H20O6/c21-16-11-15(25-19(23)13-7-3-1-4-8-13)12-17(18(16)22)26-20(24)14-9-5-2-6-10-14/h1-10,15-18,21-22H,11-12H2/t15-,16+,17-,18+/m1/s1. The molecule has 0 heterocycles. The SMILES string of the molecule is O=C(O[C@@H]1C[C@H](O)[C@H](O)[C@H](OC(=O)c2ccccc2)C1)c1ccccc1. The molecule has 0 saturated heterocycles. The van der Waals surface area contributed by atoms with Crippen molar-refractivity contribution in [3.05, 3.63) is 71.8 Å². The van der Waals surface area contributed by atoms with Gasteiger partial charge in [-0.1, -0.05) is 36.4 Å². The zero-order chi connectivity index (χ0) is 18.5. The van der Waals surface area contributed by atoms with Gasteiger partial charge in [0.05, 0.1) is 17.2 Å². The van der Waals surface area contributed by atoms with Gasteiger partial charge in [-0.25, -0.2) is 9.59 Å². The fourth-order valence-electron chi connectivity index (χ4n) is 2.94. The van der Waals surface area contributed by atoms with E-state index in [4.69, 9.17) is 9.47 Å². The van der Waals surface area contributed by atoms with Gasteiger partial charge in [0.25, 0.3) is 0 Å². The first-order valence-corrected chi connectivity index (χ1v) is 8.43. The lowest BCUT2D eigenvalue weighted by molar-refractivity contribution is -0.123. The van der Waals surface area contributed by atoms with E-state index in [2.05, 4.69) is 0 Å². The van der Waals surface area contributed by atoms with E-state index in [1.807, 2.05) is 0 Å². The van der Waals surface area contributed by atoms with Crippen molar-refractivity contribution >= 4 is 11.9 Å². The molecule has 0 amide bonds. The summed E-state index contributed by atoms with van der Waals surface area (Å²) in [7, 11) is 0. The van der Waals surface area contributed by atoms with E-state index in [1.54, 1.807) is 60.7 Å².